The minimum Gasteiger partial charge on any atom is -0.389 e. The van der Waals surface area contributed by atoms with Gasteiger partial charge in [0.2, 0.25) is 5.91 Å². The first kappa shape index (κ1) is 16.4. The van der Waals surface area contributed by atoms with E-state index in [4.69, 9.17) is 4.74 Å². The van der Waals surface area contributed by atoms with Crippen molar-refractivity contribution in [3.63, 3.8) is 0 Å². The van der Waals surface area contributed by atoms with Crippen LogP contribution in [0, 0.1) is 5.92 Å². The Balaban J connectivity index is 3.45. The fourth-order valence-electron chi connectivity index (χ4n) is 1.10. The minimum atomic E-state index is -0.574. The van der Waals surface area contributed by atoms with E-state index in [1.807, 2.05) is 27.7 Å². The van der Waals surface area contributed by atoms with Crippen molar-refractivity contribution < 1.29 is 14.6 Å². The summed E-state index contributed by atoms with van der Waals surface area (Å²) in [6.07, 6.45) is -0.464. The van der Waals surface area contributed by atoms with E-state index in [2.05, 4.69) is 10.6 Å². The quantitative estimate of drug-likeness (QED) is 0.541. The van der Waals surface area contributed by atoms with Crippen molar-refractivity contribution >= 4 is 5.91 Å². The van der Waals surface area contributed by atoms with Crippen LogP contribution in [-0.4, -0.2) is 49.5 Å². The summed E-state index contributed by atoms with van der Waals surface area (Å²) in [6.45, 7) is 9.48. The Bertz CT molecular complexity index is 208. The highest BCUT2D eigenvalue weighted by molar-refractivity contribution is 5.77. The van der Waals surface area contributed by atoms with E-state index in [1.165, 1.54) is 0 Å². The summed E-state index contributed by atoms with van der Waals surface area (Å²) in [5, 5.41) is 15.2. The number of ether oxygens (including phenoxy) is 1. The summed E-state index contributed by atoms with van der Waals surface area (Å²) in [7, 11) is 0. The molecule has 0 aliphatic carbocycles. The van der Waals surface area contributed by atoms with Gasteiger partial charge < -0.3 is 20.5 Å². The van der Waals surface area contributed by atoms with Crippen LogP contribution in [0.2, 0.25) is 0 Å². The van der Waals surface area contributed by atoms with Gasteiger partial charge in [0, 0.05) is 13.1 Å². The molecule has 1 atom stereocenters. The molecule has 0 rings (SSSR count). The molecule has 0 fully saturated rings. The predicted molar refractivity (Wildman–Crippen MR) is 67.8 cm³/mol. The van der Waals surface area contributed by atoms with Gasteiger partial charge >= 0.3 is 0 Å². The summed E-state index contributed by atoms with van der Waals surface area (Å²) >= 11 is 0. The SMILES string of the molecule is CC(C)CNC(=O)CNCC(O)COC(C)C. The highest BCUT2D eigenvalue weighted by Gasteiger charge is 2.07. The predicted octanol–water partition coefficient (Wildman–Crippen LogP) is 0.134. The van der Waals surface area contributed by atoms with Crippen LogP contribution in [0.5, 0.6) is 0 Å². The molecule has 0 aromatic heterocycles. The van der Waals surface area contributed by atoms with Crippen LogP contribution in [0.3, 0.4) is 0 Å². The smallest absolute Gasteiger partial charge is 0.233 e. The van der Waals surface area contributed by atoms with Crippen molar-refractivity contribution in [2.24, 2.45) is 5.92 Å². The van der Waals surface area contributed by atoms with Crippen molar-refractivity contribution in [3.05, 3.63) is 0 Å². The van der Waals surface area contributed by atoms with Gasteiger partial charge in [-0.15, -0.1) is 0 Å². The Morgan fingerprint density at radius 1 is 1.24 bits per heavy atom. The van der Waals surface area contributed by atoms with Gasteiger partial charge in [-0.1, -0.05) is 13.8 Å². The van der Waals surface area contributed by atoms with Gasteiger partial charge in [-0.25, -0.2) is 0 Å². The topological polar surface area (TPSA) is 70.6 Å². The summed E-state index contributed by atoms with van der Waals surface area (Å²) in [6, 6.07) is 0. The molecule has 5 heteroatoms. The number of amides is 1. The molecule has 0 aromatic rings. The molecule has 0 saturated heterocycles. The van der Waals surface area contributed by atoms with Crippen LogP contribution >= 0.6 is 0 Å². The molecule has 0 radical (unpaired) electrons. The number of nitrogens with one attached hydrogen (secondary N) is 2. The number of hydrogen-bond donors (Lipinski definition) is 3. The Kier molecular flexibility index (Phi) is 9.03. The Morgan fingerprint density at radius 3 is 2.41 bits per heavy atom. The highest BCUT2D eigenvalue weighted by atomic mass is 16.5. The lowest BCUT2D eigenvalue weighted by atomic mass is 10.2. The van der Waals surface area contributed by atoms with Crippen LogP contribution in [0.15, 0.2) is 0 Å². The monoisotopic (exact) mass is 246 g/mol. The Morgan fingerprint density at radius 2 is 1.88 bits per heavy atom. The lowest BCUT2D eigenvalue weighted by molar-refractivity contribution is -0.120. The van der Waals surface area contributed by atoms with E-state index >= 15 is 0 Å². The summed E-state index contributed by atoms with van der Waals surface area (Å²) < 4.78 is 5.25. The lowest BCUT2D eigenvalue weighted by Crippen LogP contribution is -2.39. The maximum absolute atomic E-state index is 11.3. The fraction of sp³-hybridized carbons (Fsp3) is 0.917. The van der Waals surface area contributed by atoms with Crippen LogP contribution in [-0.2, 0) is 9.53 Å². The van der Waals surface area contributed by atoms with Crippen molar-refractivity contribution in [2.45, 2.75) is 39.9 Å². The molecule has 1 amide bonds. The van der Waals surface area contributed by atoms with Gasteiger partial charge in [0.15, 0.2) is 0 Å². The number of carbonyl (C=O) groups is 1. The molecule has 1 unspecified atom stereocenters. The average molecular weight is 246 g/mol. The van der Waals surface area contributed by atoms with E-state index in [0.29, 0.717) is 19.0 Å². The Hall–Kier alpha value is -0.650. The van der Waals surface area contributed by atoms with Gasteiger partial charge in [0.05, 0.1) is 25.4 Å². The second kappa shape index (κ2) is 9.39. The van der Waals surface area contributed by atoms with Crippen molar-refractivity contribution in [3.8, 4) is 0 Å². The molecule has 5 nitrogen and oxygen atoms in total. The second-order valence-corrected chi connectivity index (χ2v) is 4.86. The average Bonchev–Trinajstić information content (AvgIpc) is 2.23. The van der Waals surface area contributed by atoms with Gasteiger partial charge in [0.25, 0.3) is 0 Å². The molecule has 0 saturated carbocycles. The minimum absolute atomic E-state index is 0.0457. The molecule has 0 bridgehead atoms. The zero-order valence-electron chi connectivity index (χ0n) is 11.3. The van der Waals surface area contributed by atoms with Crippen molar-refractivity contribution in [1.82, 2.24) is 10.6 Å². The zero-order valence-corrected chi connectivity index (χ0v) is 11.3. The van der Waals surface area contributed by atoms with E-state index in [9.17, 15) is 9.90 Å². The molecule has 0 spiro atoms. The molecule has 102 valence electrons. The number of hydrogen-bond acceptors (Lipinski definition) is 4. The first-order valence-corrected chi connectivity index (χ1v) is 6.19. The maximum atomic E-state index is 11.3. The second-order valence-electron chi connectivity index (χ2n) is 4.86. The highest BCUT2D eigenvalue weighted by Crippen LogP contribution is 1.90. The third kappa shape index (κ3) is 11.6. The molecule has 0 aromatic carbocycles. The first-order chi connectivity index (χ1) is 7.91. The van der Waals surface area contributed by atoms with Crippen LogP contribution in [0.25, 0.3) is 0 Å². The van der Waals surface area contributed by atoms with E-state index < -0.39 is 6.10 Å². The summed E-state index contributed by atoms with van der Waals surface area (Å²) in [5.41, 5.74) is 0. The molecule has 3 N–H and O–H groups in total. The third-order valence-electron chi connectivity index (χ3n) is 1.99. The fourth-order valence-corrected chi connectivity index (χ4v) is 1.10. The molecule has 0 aliphatic heterocycles. The molecular formula is C12H26N2O3. The maximum Gasteiger partial charge on any atom is 0.233 e. The van der Waals surface area contributed by atoms with E-state index in [1.54, 1.807) is 0 Å². The molecule has 0 aliphatic rings. The van der Waals surface area contributed by atoms with Gasteiger partial charge in [-0.2, -0.15) is 0 Å². The standard InChI is InChI=1S/C12H26N2O3/c1-9(2)5-14-12(16)7-13-6-11(15)8-17-10(3)4/h9-11,13,15H,5-8H2,1-4H3,(H,14,16). The van der Waals surface area contributed by atoms with Crippen LogP contribution in [0.1, 0.15) is 27.7 Å². The number of rotatable bonds is 9. The summed E-state index contributed by atoms with van der Waals surface area (Å²) in [4.78, 5) is 11.3. The van der Waals surface area contributed by atoms with Gasteiger partial charge in [0.1, 0.15) is 0 Å². The zero-order chi connectivity index (χ0) is 13.3. The molecular weight excluding hydrogens is 220 g/mol. The van der Waals surface area contributed by atoms with Crippen molar-refractivity contribution in [1.29, 1.82) is 0 Å². The van der Waals surface area contributed by atoms with E-state index in [-0.39, 0.29) is 25.2 Å². The van der Waals surface area contributed by atoms with Gasteiger partial charge in [-0.3, -0.25) is 4.79 Å². The normalized spacial score (nSPS) is 13.1. The molecule has 0 heterocycles. The number of aliphatic hydroxyl groups is 1. The summed E-state index contributed by atoms with van der Waals surface area (Å²) in [5.74, 6) is 0.402. The molecule has 17 heavy (non-hydrogen) atoms. The number of aliphatic hydroxyl groups excluding tert-OH is 1. The lowest BCUT2D eigenvalue weighted by Gasteiger charge is -2.14. The Labute approximate surface area is 104 Å². The number of carbonyl (C=O) groups excluding carboxylic acids is 1. The van der Waals surface area contributed by atoms with E-state index in [0.717, 1.165) is 0 Å². The largest absolute Gasteiger partial charge is 0.389 e. The first-order valence-electron chi connectivity index (χ1n) is 6.19. The van der Waals surface area contributed by atoms with Crippen LogP contribution < -0.4 is 10.6 Å². The third-order valence-corrected chi connectivity index (χ3v) is 1.99. The van der Waals surface area contributed by atoms with Crippen LogP contribution in [0.4, 0.5) is 0 Å². The van der Waals surface area contributed by atoms with Crippen molar-refractivity contribution in [2.75, 3.05) is 26.2 Å². The van der Waals surface area contributed by atoms with Gasteiger partial charge in [-0.05, 0) is 19.8 Å².